The van der Waals surface area contributed by atoms with Gasteiger partial charge >= 0.3 is 6.03 Å². The van der Waals surface area contributed by atoms with Crippen LogP contribution < -0.4 is 10.6 Å². The largest absolute Gasteiger partial charge is 0.396 e. The van der Waals surface area contributed by atoms with Crippen molar-refractivity contribution in [1.29, 1.82) is 0 Å². The highest BCUT2D eigenvalue weighted by atomic mass is 16.3. The molecule has 2 amide bonds. The zero-order valence-electron chi connectivity index (χ0n) is 13.5. The number of aliphatic hydroxyl groups excluding tert-OH is 1. The molecule has 2 fully saturated rings. The SMILES string of the molecule is CC(C)(C)n1cc(NC(=O)NC2C3CCC(C3)C2CO)cn1. The molecule has 1 aromatic rings. The molecule has 122 valence electrons. The average Bonchev–Trinajstić information content (AvgIpc) is 3.12. The summed E-state index contributed by atoms with van der Waals surface area (Å²) in [5.74, 6) is 1.30. The number of nitrogens with zero attached hydrogens (tertiary/aromatic N) is 2. The Morgan fingerprint density at radius 1 is 1.41 bits per heavy atom. The minimum atomic E-state index is -0.204. The van der Waals surface area contributed by atoms with E-state index >= 15 is 0 Å². The number of anilines is 1. The van der Waals surface area contributed by atoms with Gasteiger partial charge in [-0.3, -0.25) is 4.68 Å². The fourth-order valence-corrected chi connectivity index (χ4v) is 3.97. The number of amides is 2. The Morgan fingerprint density at radius 3 is 2.77 bits per heavy atom. The minimum Gasteiger partial charge on any atom is -0.396 e. The predicted octanol–water partition coefficient (Wildman–Crippen LogP) is 2.17. The molecule has 0 spiro atoms. The summed E-state index contributed by atoms with van der Waals surface area (Å²) in [6.07, 6.45) is 6.99. The summed E-state index contributed by atoms with van der Waals surface area (Å²) >= 11 is 0. The quantitative estimate of drug-likeness (QED) is 0.800. The van der Waals surface area contributed by atoms with Crippen LogP contribution in [-0.4, -0.2) is 33.6 Å². The van der Waals surface area contributed by atoms with Crippen LogP contribution in [0.1, 0.15) is 40.0 Å². The van der Waals surface area contributed by atoms with Crippen LogP contribution >= 0.6 is 0 Å². The number of urea groups is 1. The van der Waals surface area contributed by atoms with Crippen molar-refractivity contribution in [3.63, 3.8) is 0 Å². The number of carbonyl (C=O) groups is 1. The van der Waals surface area contributed by atoms with Crippen molar-refractivity contribution in [2.24, 2.45) is 17.8 Å². The third-order valence-electron chi connectivity index (χ3n) is 5.12. The van der Waals surface area contributed by atoms with Crippen molar-refractivity contribution in [3.05, 3.63) is 12.4 Å². The Balaban J connectivity index is 1.60. The number of rotatable bonds is 3. The summed E-state index contributed by atoms with van der Waals surface area (Å²) in [5.41, 5.74) is 0.583. The molecule has 1 heterocycles. The maximum absolute atomic E-state index is 12.2. The zero-order valence-corrected chi connectivity index (χ0v) is 13.5. The summed E-state index contributed by atoms with van der Waals surface area (Å²) in [6, 6.07) is -0.106. The second-order valence-electron chi connectivity index (χ2n) is 7.65. The topological polar surface area (TPSA) is 79.2 Å². The van der Waals surface area contributed by atoms with Crippen LogP contribution in [0.5, 0.6) is 0 Å². The summed E-state index contributed by atoms with van der Waals surface area (Å²) in [5, 5.41) is 19.8. The molecule has 1 aromatic heterocycles. The van der Waals surface area contributed by atoms with E-state index in [-0.39, 0.29) is 30.1 Å². The van der Waals surface area contributed by atoms with Crippen LogP contribution in [-0.2, 0) is 5.54 Å². The number of aliphatic hydroxyl groups is 1. The highest BCUT2D eigenvalue weighted by Crippen LogP contribution is 2.48. The molecule has 6 nitrogen and oxygen atoms in total. The number of nitrogens with one attached hydrogen (secondary N) is 2. The van der Waals surface area contributed by atoms with Crippen LogP contribution in [0, 0.1) is 17.8 Å². The van der Waals surface area contributed by atoms with Gasteiger partial charge in [0.05, 0.1) is 17.4 Å². The monoisotopic (exact) mass is 306 g/mol. The van der Waals surface area contributed by atoms with Crippen LogP contribution in [0.4, 0.5) is 10.5 Å². The molecule has 2 aliphatic carbocycles. The summed E-state index contributed by atoms with van der Waals surface area (Å²) in [7, 11) is 0. The van der Waals surface area contributed by atoms with Gasteiger partial charge in [-0.15, -0.1) is 0 Å². The second-order valence-corrected chi connectivity index (χ2v) is 7.65. The second kappa shape index (κ2) is 5.57. The fourth-order valence-electron chi connectivity index (χ4n) is 3.97. The number of carbonyl (C=O) groups excluding carboxylic acids is 1. The lowest BCUT2D eigenvalue weighted by Gasteiger charge is -2.30. The highest BCUT2D eigenvalue weighted by molar-refractivity contribution is 5.89. The molecule has 4 atom stereocenters. The van der Waals surface area contributed by atoms with E-state index in [0.717, 1.165) is 12.8 Å². The van der Waals surface area contributed by atoms with Gasteiger partial charge in [-0.25, -0.2) is 4.79 Å². The lowest BCUT2D eigenvalue weighted by Crippen LogP contribution is -2.46. The first-order chi connectivity index (χ1) is 10.4. The van der Waals surface area contributed by atoms with Crippen LogP contribution in [0.15, 0.2) is 12.4 Å². The third kappa shape index (κ3) is 2.84. The van der Waals surface area contributed by atoms with E-state index in [1.807, 2.05) is 10.9 Å². The van der Waals surface area contributed by atoms with Crippen LogP contribution in [0.3, 0.4) is 0 Å². The van der Waals surface area contributed by atoms with Gasteiger partial charge in [0, 0.05) is 24.8 Å². The molecule has 0 radical (unpaired) electrons. The lowest BCUT2D eigenvalue weighted by atomic mass is 9.85. The molecular formula is C16H26N4O2. The zero-order chi connectivity index (χ0) is 15.9. The Bertz CT molecular complexity index is 549. The average molecular weight is 306 g/mol. The molecule has 2 saturated carbocycles. The molecule has 0 aliphatic heterocycles. The number of hydrogen-bond acceptors (Lipinski definition) is 3. The van der Waals surface area contributed by atoms with Crippen LogP contribution in [0.25, 0.3) is 0 Å². The van der Waals surface area contributed by atoms with Crippen molar-refractivity contribution < 1.29 is 9.90 Å². The molecular weight excluding hydrogens is 280 g/mol. The van der Waals surface area contributed by atoms with Crippen molar-refractivity contribution in [1.82, 2.24) is 15.1 Å². The highest BCUT2D eigenvalue weighted by Gasteiger charge is 2.47. The molecule has 3 rings (SSSR count). The van der Waals surface area contributed by atoms with Crippen molar-refractivity contribution in [3.8, 4) is 0 Å². The van der Waals surface area contributed by atoms with E-state index in [1.54, 1.807) is 6.20 Å². The van der Waals surface area contributed by atoms with Gasteiger partial charge in [0.1, 0.15) is 0 Å². The van der Waals surface area contributed by atoms with Gasteiger partial charge in [-0.05, 0) is 51.9 Å². The summed E-state index contributed by atoms with van der Waals surface area (Å²) < 4.78 is 1.83. The van der Waals surface area contributed by atoms with Gasteiger partial charge in [0.25, 0.3) is 0 Å². The lowest BCUT2D eigenvalue weighted by molar-refractivity contribution is 0.146. The van der Waals surface area contributed by atoms with E-state index in [0.29, 0.717) is 17.5 Å². The third-order valence-corrected chi connectivity index (χ3v) is 5.12. The molecule has 0 aromatic carbocycles. The maximum Gasteiger partial charge on any atom is 0.319 e. The number of hydrogen-bond donors (Lipinski definition) is 3. The standard InChI is InChI=1S/C16H26N4O2/c1-16(2,3)20-8-12(7-17-20)18-15(22)19-14-11-5-4-10(6-11)13(14)9-21/h7-8,10-11,13-14,21H,4-6,9H2,1-3H3,(H2,18,19,22). The Kier molecular flexibility index (Phi) is 3.89. The van der Waals surface area contributed by atoms with E-state index in [1.165, 1.54) is 6.42 Å². The molecule has 3 N–H and O–H groups in total. The summed E-state index contributed by atoms with van der Waals surface area (Å²) in [6.45, 7) is 6.34. The van der Waals surface area contributed by atoms with Gasteiger partial charge in [0.2, 0.25) is 0 Å². The normalized spacial score (nSPS) is 30.5. The Hall–Kier alpha value is -1.56. The molecule has 2 bridgehead atoms. The van der Waals surface area contributed by atoms with Gasteiger partial charge in [-0.2, -0.15) is 5.10 Å². The van der Waals surface area contributed by atoms with Crippen molar-refractivity contribution in [2.75, 3.05) is 11.9 Å². The van der Waals surface area contributed by atoms with Crippen molar-refractivity contribution >= 4 is 11.7 Å². The van der Waals surface area contributed by atoms with Gasteiger partial charge < -0.3 is 15.7 Å². The van der Waals surface area contributed by atoms with Gasteiger partial charge in [-0.1, -0.05) is 0 Å². The number of aromatic nitrogens is 2. The molecule has 4 unspecified atom stereocenters. The summed E-state index contributed by atoms with van der Waals surface area (Å²) in [4.78, 5) is 12.2. The van der Waals surface area contributed by atoms with Crippen molar-refractivity contribution in [2.45, 2.75) is 51.6 Å². The van der Waals surface area contributed by atoms with Gasteiger partial charge in [0.15, 0.2) is 0 Å². The maximum atomic E-state index is 12.2. The minimum absolute atomic E-state index is 0.0985. The Labute approximate surface area is 131 Å². The molecule has 22 heavy (non-hydrogen) atoms. The van der Waals surface area contributed by atoms with E-state index < -0.39 is 0 Å². The van der Waals surface area contributed by atoms with Crippen LogP contribution in [0.2, 0.25) is 0 Å². The Morgan fingerprint density at radius 2 is 2.14 bits per heavy atom. The predicted molar refractivity (Wildman–Crippen MR) is 84.6 cm³/mol. The first-order valence-corrected chi connectivity index (χ1v) is 8.12. The number of fused-ring (bicyclic) bond motifs is 2. The molecule has 6 heteroatoms. The van der Waals surface area contributed by atoms with E-state index in [9.17, 15) is 9.90 Å². The smallest absolute Gasteiger partial charge is 0.319 e. The van der Waals surface area contributed by atoms with E-state index in [2.05, 4.69) is 36.5 Å². The molecule has 2 aliphatic rings. The first-order valence-electron chi connectivity index (χ1n) is 8.12. The van der Waals surface area contributed by atoms with E-state index in [4.69, 9.17) is 0 Å². The fraction of sp³-hybridized carbons (Fsp3) is 0.750. The molecule has 0 saturated heterocycles. The first kappa shape index (κ1) is 15.3.